The van der Waals surface area contributed by atoms with Gasteiger partial charge in [0.15, 0.2) is 0 Å². The summed E-state index contributed by atoms with van der Waals surface area (Å²) in [7, 11) is 0. The number of aromatic nitrogens is 1. The number of carbonyl (C=O) groups excluding carboxylic acids is 2. The summed E-state index contributed by atoms with van der Waals surface area (Å²) in [6.45, 7) is 2.30. The van der Waals surface area contributed by atoms with Gasteiger partial charge in [-0.25, -0.2) is 9.78 Å². The topological polar surface area (TPSA) is 80.3 Å². The summed E-state index contributed by atoms with van der Waals surface area (Å²) in [6.07, 6.45) is 1.73. The molecule has 7 heteroatoms. The first-order valence-corrected chi connectivity index (χ1v) is 6.23. The summed E-state index contributed by atoms with van der Waals surface area (Å²) >= 11 is 3.24. The maximum absolute atomic E-state index is 11.4. The number of carbonyl (C=O) groups is 2. The Labute approximate surface area is 113 Å². The van der Waals surface area contributed by atoms with Crippen molar-refractivity contribution in [1.29, 1.82) is 0 Å². The Morgan fingerprint density at radius 3 is 2.83 bits per heavy atom. The Morgan fingerprint density at radius 2 is 2.22 bits per heavy atom. The number of nitrogens with one attached hydrogen (secondary N) is 2. The van der Waals surface area contributed by atoms with Gasteiger partial charge in [-0.3, -0.25) is 10.1 Å². The fraction of sp³-hybridized carbons (Fsp3) is 0.364. The molecule has 0 aliphatic rings. The number of esters is 1. The van der Waals surface area contributed by atoms with Crippen molar-refractivity contribution in [1.82, 2.24) is 10.3 Å². The Bertz CT molecular complexity index is 408. The molecule has 0 unspecified atom stereocenters. The van der Waals surface area contributed by atoms with E-state index in [4.69, 9.17) is 4.74 Å². The van der Waals surface area contributed by atoms with Crippen LogP contribution in [0.3, 0.4) is 0 Å². The first-order chi connectivity index (χ1) is 8.61. The van der Waals surface area contributed by atoms with E-state index in [0.717, 1.165) is 4.47 Å². The van der Waals surface area contributed by atoms with Crippen LogP contribution < -0.4 is 10.6 Å². The maximum Gasteiger partial charge on any atom is 0.320 e. The molecule has 0 saturated carbocycles. The first kappa shape index (κ1) is 14.4. The smallest absolute Gasteiger partial charge is 0.320 e. The molecule has 0 fully saturated rings. The van der Waals surface area contributed by atoms with E-state index in [-0.39, 0.29) is 18.9 Å². The van der Waals surface area contributed by atoms with Crippen molar-refractivity contribution in [2.24, 2.45) is 0 Å². The number of nitrogens with zero attached hydrogens (tertiary/aromatic N) is 1. The Morgan fingerprint density at radius 1 is 1.44 bits per heavy atom. The van der Waals surface area contributed by atoms with Crippen LogP contribution in [0, 0.1) is 0 Å². The molecule has 0 aromatic carbocycles. The van der Waals surface area contributed by atoms with Gasteiger partial charge in [0.1, 0.15) is 5.82 Å². The van der Waals surface area contributed by atoms with Gasteiger partial charge >= 0.3 is 12.0 Å². The molecule has 18 heavy (non-hydrogen) atoms. The Hall–Kier alpha value is -1.63. The summed E-state index contributed by atoms with van der Waals surface area (Å²) in [5.74, 6) is 0.103. The summed E-state index contributed by atoms with van der Waals surface area (Å²) < 4.78 is 5.56. The predicted molar refractivity (Wildman–Crippen MR) is 70.2 cm³/mol. The molecule has 1 aromatic heterocycles. The summed E-state index contributed by atoms with van der Waals surface area (Å²) in [4.78, 5) is 26.4. The standard InChI is InChI=1S/C11H14BrN3O3/c1-2-18-10(16)5-6-13-11(17)15-9-4-3-8(12)7-14-9/h3-4,7H,2,5-6H2,1H3,(H2,13,14,15,17). The highest BCUT2D eigenvalue weighted by Gasteiger charge is 2.05. The van der Waals surface area contributed by atoms with Crippen molar-refractivity contribution in [2.75, 3.05) is 18.5 Å². The average Bonchev–Trinajstić information content (AvgIpc) is 2.32. The zero-order valence-corrected chi connectivity index (χ0v) is 11.5. The lowest BCUT2D eigenvalue weighted by Crippen LogP contribution is -2.31. The molecule has 0 aliphatic heterocycles. The third kappa shape index (κ3) is 5.62. The van der Waals surface area contributed by atoms with Crippen LogP contribution in [0.1, 0.15) is 13.3 Å². The number of ether oxygens (including phenoxy) is 1. The van der Waals surface area contributed by atoms with E-state index in [9.17, 15) is 9.59 Å². The lowest BCUT2D eigenvalue weighted by molar-refractivity contribution is -0.142. The maximum atomic E-state index is 11.4. The van der Waals surface area contributed by atoms with Gasteiger partial charge in [-0.05, 0) is 35.0 Å². The second-order valence-electron chi connectivity index (χ2n) is 3.30. The number of anilines is 1. The number of urea groups is 1. The molecule has 98 valence electrons. The zero-order valence-electron chi connectivity index (χ0n) is 9.90. The molecular weight excluding hydrogens is 302 g/mol. The normalized spacial score (nSPS) is 9.67. The van der Waals surface area contributed by atoms with Crippen molar-refractivity contribution in [3.8, 4) is 0 Å². The number of amides is 2. The third-order valence-electron chi connectivity index (χ3n) is 1.89. The number of rotatable bonds is 5. The Kier molecular flexibility index (Phi) is 6.13. The second kappa shape index (κ2) is 7.65. The van der Waals surface area contributed by atoms with Crippen LogP contribution in [0.2, 0.25) is 0 Å². The highest BCUT2D eigenvalue weighted by atomic mass is 79.9. The lowest BCUT2D eigenvalue weighted by Gasteiger charge is -2.06. The van der Waals surface area contributed by atoms with E-state index in [1.807, 2.05) is 0 Å². The molecule has 0 radical (unpaired) electrons. The molecule has 1 heterocycles. The van der Waals surface area contributed by atoms with Crippen LogP contribution in [-0.2, 0) is 9.53 Å². The predicted octanol–water partition coefficient (Wildman–Crippen LogP) is 1.92. The molecule has 2 amide bonds. The van der Waals surface area contributed by atoms with Gasteiger partial charge in [0.25, 0.3) is 0 Å². The van der Waals surface area contributed by atoms with Gasteiger partial charge < -0.3 is 10.1 Å². The molecule has 1 aromatic rings. The van der Waals surface area contributed by atoms with Crippen LogP contribution in [0.4, 0.5) is 10.6 Å². The molecule has 0 atom stereocenters. The SMILES string of the molecule is CCOC(=O)CCNC(=O)Nc1ccc(Br)cn1. The summed E-state index contributed by atoms with van der Waals surface area (Å²) in [5.41, 5.74) is 0. The van der Waals surface area contributed by atoms with Crippen LogP contribution in [0.15, 0.2) is 22.8 Å². The van der Waals surface area contributed by atoms with Crippen LogP contribution in [0.25, 0.3) is 0 Å². The average molecular weight is 316 g/mol. The minimum atomic E-state index is -0.408. The number of halogens is 1. The third-order valence-corrected chi connectivity index (χ3v) is 2.36. The van der Waals surface area contributed by atoms with Gasteiger partial charge in [0.2, 0.25) is 0 Å². The van der Waals surface area contributed by atoms with E-state index in [2.05, 4.69) is 31.5 Å². The lowest BCUT2D eigenvalue weighted by atomic mass is 10.4. The van der Waals surface area contributed by atoms with Crippen LogP contribution in [-0.4, -0.2) is 30.1 Å². The number of hydrogen-bond donors (Lipinski definition) is 2. The van der Waals surface area contributed by atoms with Crippen LogP contribution in [0.5, 0.6) is 0 Å². The summed E-state index contributed by atoms with van der Waals surface area (Å²) in [6, 6.07) is 3.02. The number of pyridine rings is 1. The first-order valence-electron chi connectivity index (χ1n) is 5.44. The summed E-state index contributed by atoms with van der Waals surface area (Å²) in [5, 5.41) is 5.07. The zero-order chi connectivity index (χ0) is 13.4. The van der Waals surface area contributed by atoms with Crippen molar-refractivity contribution >= 4 is 33.7 Å². The molecule has 1 rings (SSSR count). The molecule has 6 nitrogen and oxygen atoms in total. The van der Waals surface area contributed by atoms with E-state index in [1.165, 1.54) is 0 Å². The minimum absolute atomic E-state index is 0.148. The molecule has 0 spiro atoms. The van der Waals surface area contributed by atoms with Crippen molar-refractivity contribution in [2.45, 2.75) is 13.3 Å². The molecule has 0 saturated heterocycles. The van der Waals surface area contributed by atoms with Gasteiger partial charge in [-0.15, -0.1) is 0 Å². The largest absolute Gasteiger partial charge is 0.466 e. The van der Waals surface area contributed by atoms with Crippen molar-refractivity contribution in [3.63, 3.8) is 0 Å². The van der Waals surface area contributed by atoms with Gasteiger partial charge in [-0.2, -0.15) is 0 Å². The highest BCUT2D eigenvalue weighted by Crippen LogP contribution is 2.09. The molecular formula is C11H14BrN3O3. The van der Waals surface area contributed by atoms with Gasteiger partial charge in [-0.1, -0.05) is 0 Å². The monoisotopic (exact) mass is 315 g/mol. The molecule has 0 bridgehead atoms. The molecule has 0 aliphatic carbocycles. The van der Waals surface area contributed by atoms with E-state index >= 15 is 0 Å². The van der Waals surface area contributed by atoms with E-state index in [1.54, 1.807) is 25.3 Å². The number of hydrogen-bond acceptors (Lipinski definition) is 4. The van der Waals surface area contributed by atoms with E-state index in [0.29, 0.717) is 12.4 Å². The van der Waals surface area contributed by atoms with Crippen molar-refractivity contribution in [3.05, 3.63) is 22.8 Å². The fourth-order valence-electron chi connectivity index (χ4n) is 1.12. The highest BCUT2D eigenvalue weighted by molar-refractivity contribution is 9.10. The quantitative estimate of drug-likeness (QED) is 0.813. The minimum Gasteiger partial charge on any atom is -0.466 e. The van der Waals surface area contributed by atoms with Gasteiger partial charge in [0.05, 0.1) is 13.0 Å². The molecule has 2 N–H and O–H groups in total. The second-order valence-corrected chi connectivity index (χ2v) is 4.21. The fourth-order valence-corrected chi connectivity index (χ4v) is 1.36. The van der Waals surface area contributed by atoms with E-state index < -0.39 is 6.03 Å². The van der Waals surface area contributed by atoms with Crippen molar-refractivity contribution < 1.29 is 14.3 Å². The van der Waals surface area contributed by atoms with Gasteiger partial charge in [0, 0.05) is 17.2 Å². The Balaban J connectivity index is 2.25. The van der Waals surface area contributed by atoms with Crippen LogP contribution >= 0.6 is 15.9 Å².